The minimum Gasteiger partial charge on any atom is -0.858 e. The van der Waals surface area contributed by atoms with Gasteiger partial charge in [0.1, 0.15) is 0 Å². The van der Waals surface area contributed by atoms with Crippen LogP contribution in [0, 0.1) is 0 Å². The van der Waals surface area contributed by atoms with Crippen molar-refractivity contribution in [2.45, 2.75) is 0 Å². The molecule has 3 aromatic rings. The predicted molar refractivity (Wildman–Crippen MR) is 91.7 cm³/mol. The van der Waals surface area contributed by atoms with Gasteiger partial charge in [0.2, 0.25) is 5.69 Å². The van der Waals surface area contributed by atoms with Crippen molar-refractivity contribution in [3.63, 3.8) is 0 Å². The zero-order chi connectivity index (χ0) is 18.3. The number of halogens is 1. The molecule has 0 fully saturated rings. The molecule has 0 amide bonds. The summed E-state index contributed by atoms with van der Waals surface area (Å²) in [4.78, 5) is 28.6. The number of hydrogen-bond donors (Lipinski definition) is 1. The van der Waals surface area contributed by atoms with Gasteiger partial charge in [-0.25, -0.2) is 4.79 Å². The number of hydrogen-bond acceptors (Lipinski definition) is 5. The van der Waals surface area contributed by atoms with Crippen LogP contribution in [0.2, 0.25) is 5.02 Å². The molecule has 2 aromatic carbocycles. The Morgan fingerprint density at radius 3 is 2.69 bits per heavy atom. The van der Waals surface area contributed by atoms with Crippen molar-refractivity contribution in [3.8, 4) is 5.69 Å². The van der Waals surface area contributed by atoms with Gasteiger partial charge in [0.05, 0.1) is 5.69 Å². The largest absolute Gasteiger partial charge is 0.858 e. The molecule has 0 atom stereocenters. The third-order valence-corrected chi connectivity index (χ3v) is 4.14. The van der Waals surface area contributed by atoms with Crippen molar-refractivity contribution in [1.29, 1.82) is 0 Å². The van der Waals surface area contributed by atoms with Crippen LogP contribution in [0.1, 0.15) is 16.1 Å². The Labute approximate surface area is 151 Å². The molecular weight excluding hydrogens is 358 g/mol. The van der Waals surface area contributed by atoms with Crippen LogP contribution in [0.3, 0.4) is 0 Å². The predicted octanol–water partition coefficient (Wildman–Crippen LogP) is 1.57. The summed E-state index contributed by atoms with van der Waals surface area (Å²) < 4.78 is 5.95. The molecular formula is C18H10ClN3O4. The molecule has 0 spiro atoms. The Bertz CT molecular complexity index is 1140. The average molecular weight is 368 g/mol. The number of rotatable bonds is 3. The van der Waals surface area contributed by atoms with Crippen LogP contribution in [-0.2, 0) is 0 Å². The topological polar surface area (TPSA) is 102 Å². The van der Waals surface area contributed by atoms with Gasteiger partial charge in [0, 0.05) is 28.8 Å². The zero-order valence-corrected chi connectivity index (χ0v) is 13.9. The van der Waals surface area contributed by atoms with Crippen molar-refractivity contribution < 1.29 is 19.1 Å². The highest BCUT2D eigenvalue weighted by Gasteiger charge is 2.30. The molecule has 26 heavy (non-hydrogen) atoms. The van der Waals surface area contributed by atoms with Crippen molar-refractivity contribution in [2.24, 2.45) is 4.99 Å². The van der Waals surface area contributed by atoms with Gasteiger partial charge in [0.15, 0.2) is 0 Å². The number of fused-ring (bicyclic) bond motifs is 1. The van der Waals surface area contributed by atoms with E-state index < -0.39 is 17.3 Å². The Morgan fingerprint density at radius 2 is 1.92 bits per heavy atom. The molecule has 0 unspecified atom stereocenters. The number of benzene rings is 2. The Hall–Kier alpha value is -3.45. The maximum absolute atomic E-state index is 12.7. The highest BCUT2D eigenvalue weighted by Crippen LogP contribution is 2.32. The van der Waals surface area contributed by atoms with Crippen LogP contribution >= 0.6 is 11.6 Å². The molecule has 0 saturated heterocycles. The van der Waals surface area contributed by atoms with Gasteiger partial charge in [-0.1, -0.05) is 29.8 Å². The van der Waals surface area contributed by atoms with E-state index in [0.717, 1.165) is 6.08 Å². The molecule has 0 saturated carbocycles. The maximum atomic E-state index is 12.7. The van der Waals surface area contributed by atoms with E-state index in [2.05, 4.69) is 10.3 Å². The van der Waals surface area contributed by atoms with E-state index in [4.69, 9.17) is 16.1 Å². The van der Waals surface area contributed by atoms with Gasteiger partial charge in [-0.3, -0.25) is 14.3 Å². The van der Waals surface area contributed by atoms with Crippen LogP contribution in [0.15, 0.2) is 68.9 Å². The first kappa shape index (κ1) is 16.0. The number of nitrogens with one attached hydrogen (secondary N) is 1. The summed E-state index contributed by atoms with van der Waals surface area (Å²) >= 11 is 5.85. The van der Waals surface area contributed by atoms with E-state index in [0.29, 0.717) is 22.0 Å². The number of carbonyl (C=O) groups excluding carboxylic acids is 1. The standard InChI is InChI=1S/C18H10ClN3O4/c19-10-5-7-11(8-6-10)22-16(18(25)26-21-22)15(23)9-13-12-3-1-2-4-14(12)20-17(13)24/h1-9H,(H-,20,21,23,24,25). The molecule has 1 aliphatic rings. The number of allylic oxidation sites excluding steroid dienone is 1. The smallest absolute Gasteiger partial charge is 0.439 e. The van der Waals surface area contributed by atoms with Crippen molar-refractivity contribution >= 4 is 34.5 Å². The maximum Gasteiger partial charge on any atom is 0.439 e. The molecule has 0 radical (unpaired) electrons. The monoisotopic (exact) mass is 367 g/mol. The molecule has 0 bridgehead atoms. The summed E-state index contributed by atoms with van der Waals surface area (Å²) in [7, 11) is 0. The van der Waals surface area contributed by atoms with Gasteiger partial charge in [0.25, 0.3) is 5.78 Å². The summed E-state index contributed by atoms with van der Waals surface area (Å²) in [6.45, 7) is 0. The molecule has 1 N–H and O–H groups in total. The van der Waals surface area contributed by atoms with Gasteiger partial charge in [-0.05, 0) is 39.6 Å². The summed E-state index contributed by atoms with van der Waals surface area (Å²) in [5.41, 5.74) is 0.528. The molecule has 0 aliphatic carbocycles. The summed E-state index contributed by atoms with van der Waals surface area (Å²) in [6, 6.07) is 13.3. The van der Waals surface area contributed by atoms with Gasteiger partial charge >= 0.3 is 11.3 Å². The fourth-order valence-corrected chi connectivity index (χ4v) is 2.80. The Morgan fingerprint density at radius 1 is 1.19 bits per heavy atom. The minimum absolute atomic E-state index is 0.133. The number of H-pyrrole nitrogens is 1. The van der Waals surface area contributed by atoms with E-state index in [9.17, 15) is 14.7 Å². The Kier molecular flexibility index (Phi) is 3.78. The number of para-hydroxylation sites is 1. The van der Waals surface area contributed by atoms with Crippen molar-refractivity contribution in [1.82, 2.24) is 5.27 Å². The van der Waals surface area contributed by atoms with E-state index in [-0.39, 0.29) is 11.3 Å². The second-order valence-electron chi connectivity index (χ2n) is 5.50. The van der Waals surface area contributed by atoms with E-state index in [1.165, 1.54) is 4.68 Å². The van der Waals surface area contributed by atoms with E-state index in [1.807, 2.05) is 0 Å². The number of aromatic amines is 1. The van der Waals surface area contributed by atoms with Crippen LogP contribution < -0.4 is 15.4 Å². The molecule has 1 aromatic heterocycles. The second-order valence-corrected chi connectivity index (χ2v) is 5.93. The number of aliphatic imine (C=N–C) groups is 1. The fourth-order valence-electron chi connectivity index (χ4n) is 2.68. The van der Waals surface area contributed by atoms with Crippen LogP contribution in [0.25, 0.3) is 11.3 Å². The molecule has 1 aliphatic heterocycles. The Balaban J connectivity index is 1.79. The first-order valence-electron chi connectivity index (χ1n) is 7.55. The summed E-state index contributed by atoms with van der Waals surface area (Å²) in [5, 5.41) is 15.0. The van der Waals surface area contributed by atoms with Crippen molar-refractivity contribution in [2.75, 3.05) is 0 Å². The first-order chi connectivity index (χ1) is 12.5. The quantitative estimate of drug-likeness (QED) is 0.431. The number of aromatic nitrogens is 2. The van der Waals surface area contributed by atoms with Crippen LogP contribution in [0.5, 0.6) is 0 Å². The van der Waals surface area contributed by atoms with Gasteiger partial charge in [-0.15, -0.1) is 0 Å². The summed E-state index contributed by atoms with van der Waals surface area (Å²) in [6.07, 6.45) is 1.10. The average Bonchev–Trinajstić information content (AvgIpc) is 3.16. The molecule has 2 heterocycles. The third-order valence-electron chi connectivity index (χ3n) is 3.89. The first-order valence-corrected chi connectivity index (χ1v) is 7.93. The lowest BCUT2D eigenvalue weighted by Crippen LogP contribution is -2.40. The summed E-state index contributed by atoms with van der Waals surface area (Å²) in [5.74, 6) is -1.21. The van der Waals surface area contributed by atoms with E-state index >= 15 is 0 Å². The lowest BCUT2D eigenvalue weighted by molar-refractivity contribution is -0.672. The minimum atomic E-state index is -0.850. The lowest BCUT2D eigenvalue weighted by atomic mass is 10.0. The van der Waals surface area contributed by atoms with Crippen LogP contribution in [-0.4, -0.2) is 17.0 Å². The zero-order valence-electron chi connectivity index (χ0n) is 13.1. The third kappa shape index (κ3) is 2.64. The normalized spacial score (nSPS) is 14.3. The number of carbonyl (C=O) groups is 1. The second kappa shape index (κ2) is 6.12. The van der Waals surface area contributed by atoms with Crippen molar-refractivity contribution in [3.05, 3.63) is 81.3 Å². The van der Waals surface area contributed by atoms with Gasteiger partial charge in [-0.2, -0.15) is 0 Å². The fraction of sp³-hybridized carbons (Fsp3) is 0. The molecule has 4 rings (SSSR count). The van der Waals surface area contributed by atoms with Gasteiger partial charge < -0.3 is 5.11 Å². The highest BCUT2D eigenvalue weighted by molar-refractivity contribution is 6.30. The lowest BCUT2D eigenvalue weighted by Gasteiger charge is -2.06. The molecule has 8 heteroatoms. The highest BCUT2D eigenvalue weighted by atomic mass is 35.5. The van der Waals surface area contributed by atoms with Crippen LogP contribution in [0.4, 0.5) is 5.69 Å². The number of ketones is 1. The number of nitrogens with zero attached hydrogens (tertiary/aromatic N) is 2. The van der Waals surface area contributed by atoms with E-state index in [1.54, 1.807) is 48.5 Å². The SMILES string of the molecule is O=C(/C=C1/C([O-])=Nc2ccccc21)c1c(=O)o[nH][n+]1-c1ccc(Cl)cc1. The molecule has 128 valence electrons. The molecule has 7 nitrogen and oxygen atoms in total.